The predicted octanol–water partition coefficient (Wildman–Crippen LogP) is 2.91. The Morgan fingerprint density at radius 3 is 2.53 bits per heavy atom. The van der Waals surface area contributed by atoms with E-state index in [9.17, 15) is 0 Å². The molecule has 0 spiro atoms. The number of ether oxygens (including phenoxy) is 1. The molecule has 0 fully saturated rings. The van der Waals surface area contributed by atoms with Gasteiger partial charge in [0.15, 0.2) is 5.96 Å². The fourth-order valence-corrected chi connectivity index (χ4v) is 1.57. The van der Waals surface area contributed by atoms with E-state index in [-0.39, 0.29) is 24.0 Å². The molecule has 2 N–H and O–H groups in total. The predicted molar refractivity (Wildman–Crippen MR) is 92.0 cm³/mol. The van der Waals surface area contributed by atoms with Gasteiger partial charge in [-0.25, -0.2) is 4.99 Å². The minimum absolute atomic E-state index is 0. The smallest absolute Gasteiger partial charge is 0.191 e. The molecule has 108 valence electrons. The Hall–Kier alpha value is -0.690. The van der Waals surface area contributed by atoms with Gasteiger partial charge in [-0.2, -0.15) is 0 Å². The van der Waals surface area contributed by atoms with E-state index in [1.54, 1.807) is 6.07 Å². The number of hydrogen-bond acceptors (Lipinski definition) is 2. The molecule has 0 saturated carbocycles. The molecule has 0 aliphatic rings. The third kappa shape index (κ3) is 8.15. The molecular formula is C13H21ClIN3O. The number of rotatable bonds is 6. The van der Waals surface area contributed by atoms with E-state index >= 15 is 0 Å². The highest BCUT2D eigenvalue weighted by Gasteiger charge is 1.96. The van der Waals surface area contributed by atoms with E-state index in [0.29, 0.717) is 18.2 Å². The van der Waals surface area contributed by atoms with Crippen LogP contribution >= 0.6 is 35.6 Å². The van der Waals surface area contributed by atoms with Gasteiger partial charge in [-0.1, -0.05) is 17.7 Å². The fourth-order valence-electron chi connectivity index (χ4n) is 1.39. The second-order valence-electron chi connectivity index (χ2n) is 3.60. The van der Waals surface area contributed by atoms with Crippen molar-refractivity contribution in [3.63, 3.8) is 0 Å². The van der Waals surface area contributed by atoms with Crippen LogP contribution in [0.3, 0.4) is 0 Å². The van der Waals surface area contributed by atoms with Crippen LogP contribution in [0.5, 0.6) is 5.75 Å². The molecule has 0 aliphatic carbocycles. The maximum absolute atomic E-state index is 5.86. The van der Waals surface area contributed by atoms with Crippen LogP contribution in [0.4, 0.5) is 0 Å². The van der Waals surface area contributed by atoms with Crippen LogP contribution in [0, 0.1) is 0 Å². The first kappa shape index (κ1) is 18.3. The van der Waals surface area contributed by atoms with Gasteiger partial charge in [-0.3, -0.25) is 0 Å². The van der Waals surface area contributed by atoms with Crippen LogP contribution in [0.1, 0.15) is 13.8 Å². The van der Waals surface area contributed by atoms with E-state index in [2.05, 4.69) is 15.6 Å². The summed E-state index contributed by atoms with van der Waals surface area (Å²) in [5, 5.41) is 6.98. The number of guanidine groups is 1. The van der Waals surface area contributed by atoms with Gasteiger partial charge < -0.3 is 15.4 Å². The van der Waals surface area contributed by atoms with E-state index in [4.69, 9.17) is 16.3 Å². The third-order valence-corrected chi connectivity index (χ3v) is 2.35. The first-order valence-corrected chi connectivity index (χ1v) is 6.54. The molecule has 0 radical (unpaired) electrons. The fraction of sp³-hybridized carbons (Fsp3) is 0.462. The molecule has 0 saturated heterocycles. The average molecular weight is 398 g/mol. The molecule has 1 rings (SSSR count). The number of benzene rings is 1. The lowest BCUT2D eigenvalue weighted by atomic mass is 10.3. The molecule has 19 heavy (non-hydrogen) atoms. The van der Waals surface area contributed by atoms with Crippen molar-refractivity contribution in [1.82, 2.24) is 10.6 Å². The normalized spacial score (nSPS) is 9.21. The Morgan fingerprint density at radius 1 is 1.26 bits per heavy atom. The molecule has 0 aromatic heterocycles. The van der Waals surface area contributed by atoms with Crippen molar-refractivity contribution in [2.24, 2.45) is 4.99 Å². The van der Waals surface area contributed by atoms with Crippen molar-refractivity contribution in [3.05, 3.63) is 29.3 Å². The minimum atomic E-state index is 0. The van der Waals surface area contributed by atoms with Gasteiger partial charge in [0.25, 0.3) is 0 Å². The van der Waals surface area contributed by atoms with Crippen LogP contribution in [0.25, 0.3) is 0 Å². The molecule has 1 aromatic carbocycles. The van der Waals surface area contributed by atoms with E-state index < -0.39 is 0 Å². The standard InChI is InChI=1S/C13H20ClN3O.HI/c1-3-15-13(16-4-2)17-8-9-18-12-7-5-6-11(14)10-12;/h5-7,10H,3-4,8-9H2,1-2H3,(H2,15,16,17);1H. The van der Waals surface area contributed by atoms with E-state index in [1.807, 2.05) is 32.0 Å². The van der Waals surface area contributed by atoms with Crippen LogP contribution in [0.15, 0.2) is 29.3 Å². The summed E-state index contributed by atoms with van der Waals surface area (Å²) in [6.45, 7) is 6.90. The molecule has 0 bridgehead atoms. The van der Waals surface area contributed by atoms with E-state index in [1.165, 1.54) is 0 Å². The average Bonchev–Trinajstić information content (AvgIpc) is 2.35. The summed E-state index contributed by atoms with van der Waals surface area (Å²) < 4.78 is 5.55. The zero-order valence-electron chi connectivity index (χ0n) is 11.3. The highest BCUT2D eigenvalue weighted by atomic mass is 127. The van der Waals surface area contributed by atoms with Gasteiger partial charge in [0.05, 0.1) is 6.54 Å². The van der Waals surface area contributed by atoms with Gasteiger partial charge in [0, 0.05) is 18.1 Å². The Kier molecular flexibility index (Phi) is 10.8. The molecule has 0 amide bonds. The minimum Gasteiger partial charge on any atom is -0.492 e. The van der Waals surface area contributed by atoms with E-state index in [0.717, 1.165) is 24.8 Å². The molecule has 0 aliphatic heterocycles. The van der Waals surface area contributed by atoms with Gasteiger partial charge in [0.1, 0.15) is 12.4 Å². The second kappa shape index (κ2) is 11.2. The molecular weight excluding hydrogens is 377 g/mol. The molecule has 0 unspecified atom stereocenters. The number of aliphatic imine (C=N–C) groups is 1. The van der Waals surface area contributed by atoms with Gasteiger partial charge >= 0.3 is 0 Å². The van der Waals surface area contributed by atoms with Gasteiger partial charge in [0.2, 0.25) is 0 Å². The Bertz CT molecular complexity index is 380. The molecule has 1 aromatic rings. The van der Waals surface area contributed by atoms with Crippen molar-refractivity contribution in [1.29, 1.82) is 0 Å². The van der Waals surface area contributed by atoms with Crippen LogP contribution in [-0.2, 0) is 0 Å². The SMILES string of the molecule is CCNC(=NCCOc1cccc(Cl)c1)NCC.I. The summed E-state index contributed by atoms with van der Waals surface area (Å²) in [4.78, 5) is 4.38. The summed E-state index contributed by atoms with van der Waals surface area (Å²) in [7, 11) is 0. The van der Waals surface area contributed by atoms with Crippen molar-refractivity contribution in [3.8, 4) is 5.75 Å². The number of nitrogens with zero attached hydrogens (tertiary/aromatic N) is 1. The van der Waals surface area contributed by atoms with Crippen molar-refractivity contribution in [2.75, 3.05) is 26.2 Å². The number of nitrogens with one attached hydrogen (secondary N) is 2. The summed E-state index contributed by atoms with van der Waals surface area (Å²) in [6.07, 6.45) is 0. The van der Waals surface area contributed by atoms with Crippen LogP contribution < -0.4 is 15.4 Å². The van der Waals surface area contributed by atoms with Crippen molar-refractivity contribution in [2.45, 2.75) is 13.8 Å². The summed E-state index contributed by atoms with van der Waals surface area (Å²) in [5.41, 5.74) is 0. The largest absolute Gasteiger partial charge is 0.492 e. The first-order valence-electron chi connectivity index (χ1n) is 6.16. The maximum Gasteiger partial charge on any atom is 0.191 e. The second-order valence-corrected chi connectivity index (χ2v) is 4.03. The lowest BCUT2D eigenvalue weighted by Crippen LogP contribution is -2.37. The first-order chi connectivity index (χ1) is 8.76. The zero-order chi connectivity index (χ0) is 13.2. The topological polar surface area (TPSA) is 45.7 Å². The van der Waals surface area contributed by atoms with Crippen LogP contribution in [-0.4, -0.2) is 32.2 Å². The van der Waals surface area contributed by atoms with Crippen molar-refractivity contribution >= 4 is 41.5 Å². The Labute approximate surface area is 137 Å². The Morgan fingerprint density at radius 2 is 1.95 bits per heavy atom. The zero-order valence-corrected chi connectivity index (χ0v) is 14.4. The number of halogens is 2. The summed E-state index contributed by atoms with van der Waals surface area (Å²) in [6, 6.07) is 7.36. The molecule has 0 heterocycles. The monoisotopic (exact) mass is 397 g/mol. The molecule has 4 nitrogen and oxygen atoms in total. The highest BCUT2D eigenvalue weighted by molar-refractivity contribution is 14.0. The number of hydrogen-bond donors (Lipinski definition) is 2. The van der Waals surface area contributed by atoms with Crippen LogP contribution in [0.2, 0.25) is 5.02 Å². The summed E-state index contributed by atoms with van der Waals surface area (Å²) in [5.74, 6) is 1.58. The quantitative estimate of drug-likeness (QED) is 0.336. The highest BCUT2D eigenvalue weighted by Crippen LogP contribution is 2.16. The van der Waals surface area contributed by atoms with Gasteiger partial charge in [-0.05, 0) is 32.0 Å². The van der Waals surface area contributed by atoms with Gasteiger partial charge in [-0.15, -0.1) is 24.0 Å². The lowest BCUT2D eigenvalue weighted by Gasteiger charge is -2.09. The lowest BCUT2D eigenvalue weighted by molar-refractivity contribution is 0.328. The summed E-state index contributed by atoms with van der Waals surface area (Å²) >= 11 is 5.86. The Balaban J connectivity index is 0.00000324. The van der Waals surface area contributed by atoms with Crippen molar-refractivity contribution < 1.29 is 4.74 Å². The molecule has 6 heteroatoms. The third-order valence-electron chi connectivity index (χ3n) is 2.11. The maximum atomic E-state index is 5.86. The molecule has 0 atom stereocenters.